The Morgan fingerprint density at radius 3 is 1.93 bits per heavy atom. The number of rotatable bonds is 13. The number of carbonyl (C=O) groups is 5. The lowest BCUT2D eigenvalue weighted by Crippen LogP contribution is -2.59. The van der Waals surface area contributed by atoms with Crippen LogP contribution in [0.1, 0.15) is 67.4 Å². The van der Waals surface area contributed by atoms with Gasteiger partial charge in [0.05, 0.1) is 19.2 Å². The average Bonchev–Trinajstić information content (AvgIpc) is 2.87. The molecule has 0 bridgehead atoms. The van der Waals surface area contributed by atoms with Gasteiger partial charge in [-0.1, -0.05) is 58.0 Å². The zero-order valence-electron chi connectivity index (χ0n) is 25.5. The van der Waals surface area contributed by atoms with Gasteiger partial charge in [0, 0.05) is 6.42 Å². The summed E-state index contributed by atoms with van der Waals surface area (Å²) in [4.78, 5) is 63.3. The molecule has 0 saturated carbocycles. The van der Waals surface area contributed by atoms with Gasteiger partial charge in [-0.3, -0.25) is 9.59 Å². The second-order valence-corrected chi connectivity index (χ2v) is 11.5. The molecule has 0 heterocycles. The number of benzene rings is 1. The molecule has 0 radical (unpaired) electrons. The molecule has 0 aliphatic carbocycles. The molecule has 1 aromatic rings. The van der Waals surface area contributed by atoms with Gasteiger partial charge in [-0.25, -0.2) is 14.4 Å². The first-order valence-corrected chi connectivity index (χ1v) is 13.7. The van der Waals surface area contributed by atoms with Crippen LogP contribution in [0, 0.1) is 11.8 Å². The van der Waals surface area contributed by atoms with Gasteiger partial charge in [0.2, 0.25) is 11.8 Å². The number of esters is 1. The largest absolute Gasteiger partial charge is 0.467 e. The highest BCUT2D eigenvalue weighted by molar-refractivity contribution is 5.87. The van der Waals surface area contributed by atoms with Crippen LogP contribution in [0.2, 0.25) is 0 Å². The Hall–Kier alpha value is -3.83. The molecule has 0 spiro atoms. The van der Waals surface area contributed by atoms with E-state index in [1.807, 2.05) is 32.0 Å². The molecule has 4 atom stereocenters. The minimum Gasteiger partial charge on any atom is -0.467 e. The third kappa shape index (κ3) is 13.4. The third-order valence-electron chi connectivity index (χ3n) is 5.95. The van der Waals surface area contributed by atoms with Crippen LogP contribution >= 0.6 is 0 Å². The molecule has 0 saturated heterocycles. The van der Waals surface area contributed by atoms with Crippen LogP contribution in [0.15, 0.2) is 30.3 Å². The van der Waals surface area contributed by atoms with Crippen molar-refractivity contribution in [3.63, 3.8) is 0 Å². The molecule has 41 heavy (non-hydrogen) atoms. The van der Waals surface area contributed by atoms with Crippen molar-refractivity contribution in [3.05, 3.63) is 35.9 Å². The minimum absolute atomic E-state index is 0.00109. The summed E-state index contributed by atoms with van der Waals surface area (Å²) in [5.74, 6) is -2.21. The normalized spacial score (nSPS) is 14.2. The molecule has 12 heteroatoms. The van der Waals surface area contributed by atoms with E-state index in [1.165, 1.54) is 14.0 Å². The molecule has 0 aliphatic rings. The van der Waals surface area contributed by atoms with Gasteiger partial charge in [-0.05, 0) is 45.1 Å². The monoisotopic (exact) mass is 578 g/mol. The van der Waals surface area contributed by atoms with Crippen molar-refractivity contribution in [2.24, 2.45) is 11.8 Å². The molecule has 0 unspecified atom stereocenters. The first-order chi connectivity index (χ1) is 19.0. The Balaban J connectivity index is 3.10. The highest BCUT2D eigenvalue weighted by Gasteiger charge is 2.33. The van der Waals surface area contributed by atoms with Gasteiger partial charge in [0.25, 0.3) is 0 Å². The fraction of sp³-hybridized carbons (Fsp3) is 0.621. The van der Waals surface area contributed by atoms with Crippen LogP contribution in [0.5, 0.6) is 0 Å². The number of alkyl carbamates (subject to hydrolysis) is 2. The maximum absolute atomic E-state index is 13.1. The summed E-state index contributed by atoms with van der Waals surface area (Å²) >= 11 is 0. The van der Waals surface area contributed by atoms with Gasteiger partial charge in [-0.15, -0.1) is 0 Å². The molecule has 12 nitrogen and oxygen atoms in total. The summed E-state index contributed by atoms with van der Waals surface area (Å²) < 4.78 is 15.4. The minimum atomic E-state index is -0.977. The molecular weight excluding hydrogens is 532 g/mol. The van der Waals surface area contributed by atoms with Crippen molar-refractivity contribution in [2.75, 3.05) is 7.11 Å². The molecule has 4 N–H and O–H groups in total. The van der Waals surface area contributed by atoms with Crippen molar-refractivity contribution in [2.45, 2.75) is 98.2 Å². The van der Waals surface area contributed by atoms with Crippen LogP contribution in [0.4, 0.5) is 9.59 Å². The van der Waals surface area contributed by atoms with Crippen LogP contribution in [-0.4, -0.2) is 66.8 Å². The maximum Gasteiger partial charge on any atom is 0.408 e. The highest BCUT2D eigenvalue weighted by atomic mass is 16.6. The Morgan fingerprint density at radius 1 is 0.805 bits per heavy atom. The molecule has 1 aromatic carbocycles. The van der Waals surface area contributed by atoms with Crippen molar-refractivity contribution < 1.29 is 38.2 Å². The quantitative estimate of drug-likeness (QED) is 0.205. The molecular formula is C29H46N4O8. The van der Waals surface area contributed by atoms with Crippen LogP contribution in [-0.2, 0) is 35.2 Å². The number of hydrogen-bond acceptors (Lipinski definition) is 8. The number of methoxy groups -OCH3 is 1. The molecule has 4 amide bonds. The predicted molar refractivity (Wildman–Crippen MR) is 153 cm³/mol. The number of carbonyl (C=O) groups excluding carboxylic acids is 5. The first-order valence-electron chi connectivity index (χ1n) is 13.7. The molecule has 1 rings (SSSR count). The second-order valence-electron chi connectivity index (χ2n) is 11.5. The molecule has 0 aromatic heterocycles. The number of amides is 4. The Bertz CT molecular complexity index is 1020. The van der Waals surface area contributed by atoms with E-state index in [0.29, 0.717) is 0 Å². The van der Waals surface area contributed by atoms with Crippen molar-refractivity contribution in [3.8, 4) is 0 Å². The number of hydrogen-bond donors (Lipinski definition) is 4. The Labute approximate surface area is 242 Å². The SMILES string of the molecule is COC(=O)[C@@H](NC(=O)C[C@@H](NC(=O)OCc1ccccc1)[C@@H](NC(=O)[C@H](C)NC(=O)OC(C)(C)C)C(C)C)C(C)C. The number of nitrogens with one attached hydrogen (secondary N) is 4. The predicted octanol–water partition coefficient (Wildman–Crippen LogP) is 3.04. The fourth-order valence-corrected chi connectivity index (χ4v) is 3.81. The van der Waals surface area contributed by atoms with Crippen molar-refractivity contribution >= 4 is 30.0 Å². The van der Waals surface area contributed by atoms with Gasteiger partial charge >= 0.3 is 18.2 Å². The smallest absolute Gasteiger partial charge is 0.408 e. The van der Waals surface area contributed by atoms with E-state index >= 15 is 0 Å². The lowest BCUT2D eigenvalue weighted by atomic mass is 9.93. The topological polar surface area (TPSA) is 161 Å². The van der Waals surface area contributed by atoms with Crippen LogP contribution < -0.4 is 21.3 Å². The summed E-state index contributed by atoms with van der Waals surface area (Å²) in [5, 5.41) is 10.7. The number of ether oxygens (including phenoxy) is 3. The summed E-state index contributed by atoms with van der Waals surface area (Å²) in [5.41, 5.74) is 0.0203. The van der Waals surface area contributed by atoms with E-state index in [2.05, 4.69) is 21.3 Å². The Morgan fingerprint density at radius 2 is 1.41 bits per heavy atom. The summed E-state index contributed by atoms with van der Waals surface area (Å²) in [6.45, 7) is 13.7. The average molecular weight is 579 g/mol. The lowest BCUT2D eigenvalue weighted by molar-refractivity contribution is -0.146. The third-order valence-corrected chi connectivity index (χ3v) is 5.95. The molecule has 0 fully saturated rings. The van der Waals surface area contributed by atoms with E-state index in [0.717, 1.165) is 5.56 Å². The van der Waals surface area contributed by atoms with Crippen LogP contribution in [0.25, 0.3) is 0 Å². The van der Waals surface area contributed by atoms with Gasteiger partial charge in [0.1, 0.15) is 24.3 Å². The first kappa shape index (κ1) is 35.2. The Kier molecular flexibility index (Phi) is 14.1. The zero-order chi connectivity index (χ0) is 31.3. The van der Waals surface area contributed by atoms with E-state index in [-0.39, 0.29) is 24.9 Å². The van der Waals surface area contributed by atoms with Gasteiger partial charge < -0.3 is 35.5 Å². The fourth-order valence-electron chi connectivity index (χ4n) is 3.81. The van der Waals surface area contributed by atoms with Gasteiger partial charge in [0.15, 0.2) is 0 Å². The molecule has 230 valence electrons. The van der Waals surface area contributed by atoms with E-state index in [9.17, 15) is 24.0 Å². The van der Waals surface area contributed by atoms with Crippen molar-refractivity contribution in [1.82, 2.24) is 21.3 Å². The van der Waals surface area contributed by atoms with E-state index in [4.69, 9.17) is 14.2 Å². The maximum atomic E-state index is 13.1. The zero-order valence-corrected chi connectivity index (χ0v) is 25.5. The molecule has 0 aliphatic heterocycles. The standard InChI is InChI=1S/C29H46N4O8/c1-17(2)23(33-25(35)19(5)30-28(38)41-29(6,7)8)21(15-22(34)32-24(18(3)4)26(36)39-9)31-27(37)40-16-20-13-11-10-12-14-20/h10-14,17-19,21,23-24H,15-16H2,1-9H3,(H,30,38)(H,31,37)(H,32,34)(H,33,35)/t19-,21+,23-,24-/m0/s1. The van der Waals surface area contributed by atoms with E-state index < -0.39 is 59.7 Å². The second kappa shape index (κ2) is 16.4. The van der Waals surface area contributed by atoms with Gasteiger partial charge in [-0.2, -0.15) is 0 Å². The summed E-state index contributed by atoms with van der Waals surface area (Å²) in [7, 11) is 1.23. The lowest BCUT2D eigenvalue weighted by Gasteiger charge is -2.32. The van der Waals surface area contributed by atoms with Crippen LogP contribution in [0.3, 0.4) is 0 Å². The summed E-state index contributed by atoms with van der Waals surface area (Å²) in [6.07, 6.45) is -1.83. The van der Waals surface area contributed by atoms with E-state index in [1.54, 1.807) is 46.8 Å². The highest BCUT2D eigenvalue weighted by Crippen LogP contribution is 2.14. The van der Waals surface area contributed by atoms with Crippen molar-refractivity contribution in [1.29, 1.82) is 0 Å². The summed E-state index contributed by atoms with van der Waals surface area (Å²) in [6, 6.07) is 5.50.